The maximum absolute atomic E-state index is 11.3. The molecule has 118 valence electrons. The summed E-state index contributed by atoms with van der Waals surface area (Å²) in [6.45, 7) is 0.291. The predicted molar refractivity (Wildman–Crippen MR) is 85.8 cm³/mol. The van der Waals surface area contributed by atoms with Gasteiger partial charge in [0.1, 0.15) is 18.1 Å². The molecule has 0 fully saturated rings. The molecule has 0 radical (unpaired) electrons. The van der Waals surface area contributed by atoms with Gasteiger partial charge in [-0.2, -0.15) is 20.7 Å². The maximum Gasteiger partial charge on any atom is 0.271 e. The summed E-state index contributed by atoms with van der Waals surface area (Å²) in [5.41, 5.74) is 7.83. The zero-order chi connectivity index (χ0) is 16.9. The molecule has 1 aromatic heterocycles. The van der Waals surface area contributed by atoms with Gasteiger partial charge in [-0.25, -0.2) is 0 Å². The molecule has 0 unspecified atom stereocenters. The van der Waals surface area contributed by atoms with Crippen LogP contribution in [0.5, 0.6) is 5.75 Å². The van der Waals surface area contributed by atoms with Gasteiger partial charge in [0.25, 0.3) is 5.91 Å². The number of hydrogen-bond donors (Lipinski definition) is 2. The molecule has 3 rings (SSSR count). The Hall–Kier alpha value is -3.66. The number of aromatic amines is 1. The van der Waals surface area contributed by atoms with Crippen LogP contribution in [0.15, 0.2) is 48.5 Å². The van der Waals surface area contributed by atoms with E-state index in [1.54, 1.807) is 30.3 Å². The van der Waals surface area contributed by atoms with Crippen molar-refractivity contribution >= 4 is 5.91 Å². The summed E-state index contributed by atoms with van der Waals surface area (Å²) in [4.78, 5) is 11.3. The second-order valence-electron chi connectivity index (χ2n) is 4.97. The summed E-state index contributed by atoms with van der Waals surface area (Å²) in [6.07, 6.45) is 0. The summed E-state index contributed by atoms with van der Waals surface area (Å²) in [5.74, 6) is -0.0113. The lowest BCUT2D eigenvalue weighted by Crippen LogP contribution is -2.12. The van der Waals surface area contributed by atoms with Gasteiger partial charge in [-0.3, -0.25) is 4.79 Å². The van der Waals surface area contributed by atoms with Crippen molar-refractivity contribution in [1.29, 1.82) is 5.26 Å². The number of nitrogens with zero attached hydrogens (tertiary/aromatic N) is 3. The Labute approximate surface area is 137 Å². The second kappa shape index (κ2) is 6.62. The molecule has 0 saturated carbocycles. The summed E-state index contributed by atoms with van der Waals surface area (Å²) in [7, 11) is 0. The molecule has 0 spiro atoms. The number of nitrogens with one attached hydrogen (secondary N) is 1. The molecule has 1 heterocycles. The van der Waals surface area contributed by atoms with Crippen LogP contribution in [-0.2, 0) is 6.61 Å². The quantitative estimate of drug-likeness (QED) is 0.746. The molecule has 0 aliphatic carbocycles. The molecule has 0 aliphatic heterocycles. The minimum absolute atomic E-state index is 0.0895. The van der Waals surface area contributed by atoms with Crippen molar-refractivity contribution in [2.45, 2.75) is 6.61 Å². The third kappa shape index (κ3) is 3.08. The van der Waals surface area contributed by atoms with Crippen molar-refractivity contribution in [3.05, 3.63) is 65.4 Å². The minimum atomic E-state index is -0.646. The highest BCUT2D eigenvalue weighted by Gasteiger charge is 2.15. The molecular formula is C17H13N5O2. The zero-order valence-corrected chi connectivity index (χ0v) is 12.6. The average molecular weight is 319 g/mol. The van der Waals surface area contributed by atoms with Crippen molar-refractivity contribution in [3.63, 3.8) is 0 Å². The lowest BCUT2D eigenvalue weighted by atomic mass is 10.1. The number of H-pyrrole nitrogens is 1. The van der Waals surface area contributed by atoms with E-state index in [2.05, 4.69) is 21.5 Å². The fourth-order valence-corrected chi connectivity index (χ4v) is 2.23. The van der Waals surface area contributed by atoms with E-state index in [4.69, 9.17) is 15.7 Å². The van der Waals surface area contributed by atoms with Crippen molar-refractivity contribution in [2.75, 3.05) is 0 Å². The van der Waals surface area contributed by atoms with Crippen LogP contribution in [0.3, 0.4) is 0 Å². The number of benzene rings is 2. The van der Waals surface area contributed by atoms with Gasteiger partial charge < -0.3 is 10.5 Å². The van der Waals surface area contributed by atoms with Crippen LogP contribution in [0.25, 0.3) is 11.3 Å². The Balaban J connectivity index is 1.74. The van der Waals surface area contributed by atoms with E-state index < -0.39 is 5.91 Å². The van der Waals surface area contributed by atoms with Gasteiger partial charge >= 0.3 is 0 Å². The SMILES string of the molecule is N#Cc1ccccc1COc1ccc(-c2n[nH]nc2C(N)=O)cc1. The first-order valence-corrected chi connectivity index (χ1v) is 7.11. The van der Waals surface area contributed by atoms with Gasteiger partial charge in [-0.1, -0.05) is 18.2 Å². The predicted octanol–water partition coefficient (Wildman–Crippen LogP) is 2.02. The normalized spacial score (nSPS) is 10.1. The number of nitrogens with two attached hydrogens (primary N) is 1. The lowest BCUT2D eigenvalue weighted by molar-refractivity contribution is 0.0996. The monoisotopic (exact) mass is 319 g/mol. The fraction of sp³-hybridized carbons (Fsp3) is 0.0588. The molecule has 0 bridgehead atoms. The molecule has 0 aliphatic rings. The smallest absolute Gasteiger partial charge is 0.271 e. The van der Waals surface area contributed by atoms with Gasteiger partial charge in [0, 0.05) is 11.1 Å². The van der Waals surface area contributed by atoms with Gasteiger partial charge in [-0.15, -0.1) is 0 Å². The Morgan fingerprint density at radius 1 is 1.17 bits per heavy atom. The molecule has 7 heteroatoms. The Bertz CT molecular complexity index is 909. The van der Waals surface area contributed by atoms with Crippen LogP contribution in [0.2, 0.25) is 0 Å². The Morgan fingerprint density at radius 3 is 2.62 bits per heavy atom. The summed E-state index contributed by atoms with van der Waals surface area (Å²) >= 11 is 0. The molecule has 3 N–H and O–H groups in total. The van der Waals surface area contributed by atoms with Crippen molar-refractivity contribution in [1.82, 2.24) is 15.4 Å². The van der Waals surface area contributed by atoms with Crippen LogP contribution in [0, 0.1) is 11.3 Å². The van der Waals surface area contributed by atoms with Gasteiger partial charge in [0.2, 0.25) is 0 Å². The number of hydrogen-bond acceptors (Lipinski definition) is 5. The van der Waals surface area contributed by atoms with Crippen molar-refractivity contribution < 1.29 is 9.53 Å². The van der Waals surface area contributed by atoms with Crippen molar-refractivity contribution in [2.24, 2.45) is 5.73 Å². The Kier molecular flexibility index (Phi) is 4.21. The number of aromatic nitrogens is 3. The lowest BCUT2D eigenvalue weighted by Gasteiger charge is -2.08. The summed E-state index contributed by atoms with van der Waals surface area (Å²) in [6, 6.07) is 16.4. The van der Waals surface area contributed by atoms with E-state index in [0.717, 1.165) is 5.56 Å². The molecule has 3 aromatic rings. The van der Waals surface area contributed by atoms with E-state index in [0.29, 0.717) is 29.2 Å². The standard InChI is InChI=1S/C17H13N5O2/c18-9-12-3-1-2-4-13(12)10-24-14-7-5-11(6-8-14)15-16(17(19)23)21-22-20-15/h1-8H,10H2,(H2,19,23)(H,20,21,22). The van der Waals surface area contributed by atoms with Gasteiger partial charge in [-0.05, 0) is 30.3 Å². The maximum atomic E-state index is 11.3. The van der Waals surface area contributed by atoms with E-state index in [-0.39, 0.29) is 5.69 Å². The van der Waals surface area contributed by atoms with E-state index in [1.165, 1.54) is 0 Å². The third-order valence-corrected chi connectivity index (χ3v) is 3.44. The number of nitriles is 1. The molecule has 24 heavy (non-hydrogen) atoms. The zero-order valence-electron chi connectivity index (χ0n) is 12.6. The molecule has 1 amide bonds. The average Bonchev–Trinajstić information content (AvgIpc) is 3.10. The van der Waals surface area contributed by atoms with Crippen LogP contribution in [-0.4, -0.2) is 21.3 Å². The van der Waals surface area contributed by atoms with E-state index in [9.17, 15) is 4.79 Å². The van der Waals surface area contributed by atoms with E-state index >= 15 is 0 Å². The molecule has 7 nitrogen and oxygen atoms in total. The highest BCUT2D eigenvalue weighted by molar-refractivity contribution is 5.96. The van der Waals surface area contributed by atoms with Crippen LogP contribution in [0.4, 0.5) is 0 Å². The van der Waals surface area contributed by atoms with Crippen LogP contribution >= 0.6 is 0 Å². The first kappa shape index (κ1) is 15.2. The fourth-order valence-electron chi connectivity index (χ4n) is 2.23. The van der Waals surface area contributed by atoms with Crippen LogP contribution in [0.1, 0.15) is 21.6 Å². The molecule has 0 saturated heterocycles. The van der Waals surface area contributed by atoms with Gasteiger partial charge in [0.15, 0.2) is 5.69 Å². The number of primary amides is 1. The summed E-state index contributed by atoms with van der Waals surface area (Å²) < 4.78 is 5.70. The Morgan fingerprint density at radius 2 is 1.92 bits per heavy atom. The summed E-state index contributed by atoms with van der Waals surface area (Å²) in [5, 5.41) is 19.1. The number of rotatable bonds is 5. The molecule has 2 aromatic carbocycles. The molecular weight excluding hydrogens is 306 g/mol. The second-order valence-corrected chi connectivity index (χ2v) is 4.97. The molecule has 0 atom stereocenters. The third-order valence-electron chi connectivity index (χ3n) is 3.44. The topological polar surface area (TPSA) is 118 Å². The number of carbonyl (C=O) groups excluding carboxylic acids is 1. The minimum Gasteiger partial charge on any atom is -0.489 e. The van der Waals surface area contributed by atoms with Crippen molar-refractivity contribution in [3.8, 4) is 23.1 Å². The number of carbonyl (C=O) groups is 1. The first-order valence-electron chi connectivity index (χ1n) is 7.11. The first-order chi connectivity index (χ1) is 11.7. The number of amides is 1. The van der Waals surface area contributed by atoms with Crippen LogP contribution < -0.4 is 10.5 Å². The van der Waals surface area contributed by atoms with Gasteiger partial charge in [0.05, 0.1) is 11.6 Å². The highest BCUT2D eigenvalue weighted by Crippen LogP contribution is 2.23. The highest BCUT2D eigenvalue weighted by atomic mass is 16.5. The van der Waals surface area contributed by atoms with E-state index in [1.807, 2.05) is 18.2 Å². The largest absolute Gasteiger partial charge is 0.489 e. The number of ether oxygens (including phenoxy) is 1.